The fraction of sp³-hybridized carbons (Fsp3) is 0.667. The van der Waals surface area contributed by atoms with Gasteiger partial charge in [0, 0.05) is 7.26 Å². The average molecular weight is 315 g/mol. The molecule has 1 aromatic carbocycles. The summed E-state index contributed by atoms with van der Waals surface area (Å²) in [7, 11) is -0.898. The Kier molecular flexibility index (Phi) is 11.5. The van der Waals surface area contributed by atoms with E-state index in [2.05, 4.69) is 51.1 Å². The number of hydrogen-bond acceptors (Lipinski definition) is 0. The predicted octanol–water partition coefficient (Wildman–Crippen LogP) is 2.73. The molecule has 0 fully saturated rings. The van der Waals surface area contributed by atoms with Crippen molar-refractivity contribution < 1.29 is 12.4 Å². The summed E-state index contributed by atoms with van der Waals surface area (Å²) in [5.41, 5.74) is 0. The zero-order valence-corrected chi connectivity index (χ0v) is 15.2. The SMILES string of the molecule is CCCC[P+](CCCC)(CCCC)c1ccccc1.[Cl-]. The highest BCUT2D eigenvalue weighted by Crippen LogP contribution is 2.59. The number of halogens is 1. The van der Waals surface area contributed by atoms with Crippen molar-refractivity contribution in [3.8, 4) is 0 Å². The van der Waals surface area contributed by atoms with Crippen molar-refractivity contribution in [2.45, 2.75) is 59.3 Å². The van der Waals surface area contributed by atoms with E-state index in [1.165, 1.54) is 57.0 Å². The second-order valence-electron chi connectivity index (χ2n) is 5.71. The van der Waals surface area contributed by atoms with Crippen LogP contribution in [-0.2, 0) is 0 Å². The fourth-order valence-electron chi connectivity index (χ4n) is 2.85. The van der Waals surface area contributed by atoms with Crippen LogP contribution in [0.5, 0.6) is 0 Å². The number of hydrogen-bond donors (Lipinski definition) is 0. The first kappa shape index (κ1) is 19.9. The van der Waals surface area contributed by atoms with Crippen LogP contribution >= 0.6 is 7.26 Å². The van der Waals surface area contributed by atoms with Gasteiger partial charge in [-0.15, -0.1) is 0 Å². The summed E-state index contributed by atoms with van der Waals surface area (Å²) in [6.07, 6.45) is 12.7. The van der Waals surface area contributed by atoms with Crippen LogP contribution in [0.2, 0.25) is 0 Å². The molecule has 0 heterocycles. The first-order valence-electron chi connectivity index (χ1n) is 8.20. The first-order chi connectivity index (χ1) is 9.29. The molecule has 0 atom stereocenters. The predicted molar refractivity (Wildman–Crippen MR) is 92.3 cm³/mol. The highest BCUT2D eigenvalue weighted by atomic mass is 35.5. The van der Waals surface area contributed by atoms with Gasteiger partial charge in [0.2, 0.25) is 0 Å². The third-order valence-electron chi connectivity index (χ3n) is 4.12. The van der Waals surface area contributed by atoms with Gasteiger partial charge in [-0.3, -0.25) is 0 Å². The Labute approximate surface area is 133 Å². The highest BCUT2D eigenvalue weighted by Gasteiger charge is 2.37. The number of benzene rings is 1. The Bertz CT molecular complexity index is 302. The van der Waals surface area contributed by atoms with Gasteiger partial charge < -0.3 is 12.4 Å². The molecule has 116 valence electrons. The topological polar surface area (TPSA) is 0 Å². The van der Waals surface area contributed by atoms with Crippen LogP contribution in [-0.4, -0.2) is 18.5 Å². The van der Waals surface area contributed by atoms with E-state index in [9.17, 15) is 0 Å². The van der Waals surface area contributed by atoms with Crippen LogP contribution in [0.3, 0.4) is 0 Å². The van der Waals surface area contributed by atoms with E-state index < -0.39 is 7.26 Å². The van der Waals surface area contributed by atoms with Gasteiger partial charge in [-0.2, -0.15) is 0 Å². The largest absolute Gasteiger partial charge is 1.00 e. The van der Waals surface area contributed by atoms with E-state index >= 15 is 0 Å². The van der Waals surface area contributed by atoms with E-state index in [1.807, 2.05) is 0 Å². The van der Waals surface area contributed by atoms with Gasteiger partial charge in [0.1, 0.15) is 0 Å². The lowest BCUT2D eigenvalue weighted by atomic mass is 10.4. The Morgan fingerprint density at radius 1 is 0.700 bits per heavy atom. The lowest BCUT2D eigenvalue weighted by Crippen LogP contribution is -3.00. The first-order valence-corrected chi connectivity index (χ1v) is 10.5. The molecule has 0 aliphatic heterocycles. The third kappa shape index (κ3) is 6.15. The van der Waals surface area contributed by atoms with Gasteiger partial charge in [-0.05, 0) is 31.4 Å². The quantitative estimate of drug-likeness (QED) is 0.583. The van der Waals surface area contributed by atoms with E-state index in [0.29, 0.717) is 0 Å². The molecular weight excluding hydrogens is 283 g/mol. The van der Waals surface area contributed by atoms with Crippen LogP contribution in [0.15, 0.2) is 30.3 Å². The van der Waals surface area contributed by atoms with Gasteiger partial charge in [-0.1, -0.05) is 58.2 Å². The van der Waals surface area contributed by atoms with Crippen molar-refractivity contribution in [3.05, 3.63) is 30.3 Å². The van der Waals surface area contributed by atoms with Gasteiger partial charge >= 0.3 is 0 Å². The maximum absolute atomic E-state index is 2.41. The van der Waals surface area contributed by atoms with Crippen molar-refractivity contribution >= 4 is 12.6 Å². The molecule has 0 spiro atoms. The molecule has 0 aromatic heterocycles. The monoisotopic (exact) mass is 314 g/mol. The third-order valence-corrected chi connectivity index (χ3v) is 9.03. The van der Waals surface area contributed by atoms with E-state index in [0.717, 1.165) is 0 Å². The lowest BCUT2D eigenvalue weighted by molar-refractivity contribution is -0.00000419. The van der Waals surface area contributed by atoms with Gasteiger partial charge in [0.15, 0.2) is 0 Å². The van der Waals surface area contributed by atoms with Crippen molar-refractivity contribution in [2.24, 2.45) is 0 Å². The zero-order valence-electron chi connectivity index (χ0n) is 13.6. The van der Waals surface area contributed by atoms with Crippen molar-refractivity contribution in [3.63, 3.8) is 0 Å². The summed E-state index contributed by atoms with van der Waals surface area (Å²) in [5, 5.41) is 1.70. The molecule has 0 N–H and O–H groups in total. The number of unbranched alkanes of at least 4 members (excludes halogenated alkanes) is 3. The summed E-state index contributed by atoms with van der Waals surface area (Å²) in [6.45, 7) is 7.00. The van der Waals surface area contributed by atoms with E-state index in [-0.39, 0.29) is 12.4 Å². The molecule has 1 rings (SSSR count). The van der Waals surface area contributed by atoms with E-state index in [1.54, 1.807) is 5.30 Å². The standard InChI is InChI=1S/C18H32P.ClH/c1-4-7-15-19(16-8-5-2,17-9-6-3)18-13-11-10-12-14-18;/h10-14H,4-9,15-17H2,1-3H3;1H/q+1;/p-1. The summed E-state index contributed by atoms with van der Waals surface area (Å²) in [6, 6.07) is 11.5. The van der Waals surface area contributed by atoms with Crippen molar-refractivity contribution in [1.29, 1.82) is 0 Å². The van der Waals surface area contributed by atoms with Gasteiger partial charge in [-0.25, -0.2) is 0 Å². The molecule has 0 bridgehead atoms. The maximum Gasteiger partial charge on any atom is 0.0939 e. The molecule has 1 aromatic rings. The van der Waals surface area contributed by atoms with Crippen molar-refractivity contribution in [1.82, 2.24) is 0 Å². The molecule has 0 nitrogen and oxygen atoms in total. The van der Waals surface area contributed by atoms with E-state index in [4.69, 9.17) is 0 Å². The zero-order chi connectivity index (χ0) is 14.0. The minimum atomic E-state index is -0.898. The molecular formula is C18H32ClP. The Morgan fingerprint density at radius 3 is 1.45 bits per heavy atom. The molecule has 0 radical (unpaired) electrons. The second-order valence-corrected chi connectivity index (χ2v) is 9.86. The van der Waals surface area contributed by atoms with Gasteiger partial charge in [0.05, 0.1) is 23.8 Å². The van der Waals surface area contributed by atoms with Crippen molar-refractivity contribution in [2.75, 3.05) is 18.5 Å². The molecule has 0 saturated heterocycles. The lowest BCUT2D eigenvalue weighted by Gasteiger charge is -2.27. The van der Waals surface area contributed by atoms with Crippen LogP contribution in [0.1, 0.15) is 59.3 Å². The minimum absolute atomic E-state index is 0. The smallest absolute Gasteiger partial charge is 0.0939 e. The van der Waals surface area contributed by atoms with Crippen LogP contribution in [0.4, 0.5) is 0 Å². The number of rotatable bonds is 10. The molecule has 0 amide bonds. The Balaban J connectivity index is 0.00000361. The Hall–Kier alpha value is -0.0600. The Morgan fingerprint density at radius 2 is 1.10 bits per heavy atom. The minimum Gasteiger partial charge on any atom is -1.00 e. The average Bonchev–Trinajstić information content (AvgIpc) is 2.48. The summed E-state index contributed by atoms with van der Waals surface area (Å²) in [5.74, 6) is 0. The molecule has 20 heavy (non-hydrogen) atoms. The molecule has 0 unspecified atom stereocenters. The summed E-state index contributed by atoms with van der Waals surface area (Å²) >= 11 is 0. The van der Waals surface area contributed by atoms with Crippen LogP contribution in [0, 0.1) is 0 Å². The van der Waals surface area contributed by atoms with Gasteiger partial charge in [0.25, 0.3) is 0 Å². The normalized spacial score (nSPS) is 11.2. The summed E-state index contributed by atoms with van der Waals surface area (Å²) < 4.78 is 0. The maximum atomic E-state index is 2.41. The fourth-order valence-corrected chi connectivity index (χ4v) is 7.86. The second kappa shape index (κ2) is 11.6. The van der Waals surface area contributed by atoms with Crippen LogP contribution in [0.25, 0.3) is 0 Å². The summed E-state index contributed by atoms with van der Waals surface area (Å²) in [4.78, 5) is 0. The molecule has 0 aliphatic rings. The highest BCUT2D eigenvalue weighted by molar-refractivity contribution is 7.82. The molecule has 0 saturated carbocycles. The van der Waals surface area contributed by atoms with Crippen LogP contribution < -0.4 is 17.7 Å². The molecule has 0 aliphatic carbocycles. The molecule has 2 heteroatoms.